The summed E-state index contributed by atoms with van der Waals surface area (Å²) in [4.78, 5) is 19.6. The van der Waals surface area contributed by atoms with Crippen LogP contribution in [-0.4, -0.2) is 39.8 Å². The molecule has 2 atom stereocenters. The van der Waals surface area contributed by atoms with Crippen molar-refractivity contribution in [2.45, 2.75) is 56.2 Å². The zero-order valence-electron chi connectivity index (χ0n) is 18.8. The number of nitrogens with zero attached hydrogens (tertiary/aromatic N) is 2. The van der Waals surface area contributed by atoms with Crippen molar-refractivity contribution in [1.82, 2.24) is 9.88 Å². The summed E-state index contributed by atoms with van der Waals surface area (Å²) >= 11 is 0. The number of aromatic nitrogens is 1. The lowest BCUT2D eigenvalue weighted by molar-refractivity contribution is -0.0559. The number of fused-ring (bicyclic) bond motifs is 5. The summed E-state index contributed by atoms with van der Waals surface area (Å²) in [6.07, 6.45) is 4.28. The molecule has 2 aromatic carbocycles. The van der Waals surface area contributed by atoms with Crippen molar-refractivity contribution >= 4 is 6.09 Å². The second-order valence-corrected chi connectivity index (χ2v) is 9.75. The van der Waals surface area contributed by atoms with Gasteiger partial charge in [-0.25, -0.2) is 4.79 Å². The zero-order valence-corrected chi connectivity index (χ0v) is 18.8. The molecule has 5 heteroatoms. The first-order valence-corrected chi connectivity index (χ1v) is 11.8. The molecule has 1 aliphatic carbocycles. The van der Waals surface area contributed by atoms with Crippen molar-refractivity contribution in [2.75, 3.05) is 6.61 Å². The first-order valence-electron chi connectivity index (χ1n) is 11.8. The van der Waals surface area contributed by atoms with E-state index in [-0.39, 0.29) is 24.1 Å². The van der Waals surface area contributed by atoms with E-state index in [1.165, 1.54) is 22.3 Å². The fraction of sp³-hybridized carbons (Fsp3) is 0.357. The molecule has 2 aliphatic heterocycles. The van der Waals surface area contributed by atoms with Gasteiger partial charge in [0.2, 0.25) is 0 Å². The Morgan fingerprint density at radius 3 is 2.24 bits per heavy atom. The van der Waals surface area contributed by atoms with E-state index in [1.807, 2.05) is 36.1 Å². The smallest absolute Gasteiger partial charge is 0.410 e. The van der Waals surface area contributed by atoms with E-state index in [2.05, 4.69) is 41.4 Å². The molecule has 1 aromatic heterocycles. The van der Waals surface area contributed by atoms with Crippen LogP contribution >= 0.6 is 0 Å². The van der Waals surface area contributed by atoms with Crippen LogP contribution in [0.3, 0.4) is 0 Å². The van der Waals surface area contributed by atoms with Gasteiger partial charge in [0.15, 0.2) is 0 Å². The van der Waals surface area contributed by atoms with Crippen LogP contribution in [0.15, 0.2) is 66.9 Å². The van der Waals surface area contributed by atoms with Gasteiger partial charge in [-0.2, -0.15) is 0 Å². The molecule has 3 aliphatic rings. The molecule has 3 heterocycles. The van der Waals surface area contributed by atoms with Gasteiger partial charge in [-0.3, -0.25) is 4.98 Å². The van der Waals surface area contributed by atoms with Crippen LogP contribution in [0.5, 0.6) is 0 Å². The Kier molecular flexibility index (Phi) is 4.77. The monoisotopic (exact) mass is 440 g/mol. The number of aliphatic hydroxyl groups is 1. The topological polar surface area (TPSA) is 62.7 Å². The van der Waals surface area contributed by atoms with E-state index in [4.69, 9.17) is 4.74 Å². The van der Waals surface area contributed by atoms with Gasteiger partial charge in [0.05, 0.1) is 5.69 Å². The molecule has 2 fully saturated rings. The highest BCUT2D eigenvalue weighted by atomic mass is 16.6. The lowest BCUT2D eigenvalue weighted by Gasteiger charge is -2.43. The highest BCUT2D eigenvalue weighted by molar-refractivity contribution is 5.79. The normalized spacial score (nSPS) is 25.6. The highest BCUT2D eigenvalue weighted by Crippen LogP contribution is 2.47. The Balaban J connectivity index is 1.19. The first kappa shape index (κ1) is 20.4. The maximum Gasteiger partial charge on any atom is 0.410 e. The predicted molar refractivity (Wildman–Crippen MR) is 126 cm³/mol. The minimum Gasteiger partial charge on any atom is -0.448 e. The molecule has 168 valence electrons. The van der Waals surface area contributed by atoms with E-state index < -0.39 is 5.60 Å². The second kappa shape index (κ2) is 7.70. The van der Waals surface area contributed by atoms with Crippen molar-refractivity contribution in [3.05, 3.63) is 89.2 Å². The van der Waals surface area contributed by atoms with Crippen LogP contribution < -0.4 is 0 Å². The average Bonchev–Trinajstić information content (AvgIpc) is 3.30. The van der Waals surface area contributed by atoms with Crippen LogP contribution in [-0.2, 0) is 10.3 Å². The third-order valence-electron chi connectivity index (χ3n) is 7.71. The SMILES string of the molecule is Cc1ccnc(C2(O)CC3CCC(C2)N3C(=O)OCC2c3ccccc3-c3ccccc32)c1. The molecule has 1 amide bonds. The number of aryl methyl sites for hydroxylation is 1. The average molecular weight is 441 g/mol. The Bertz CT molecular complexity index is 1160. The number of carbonyl (C=O) groups is 1. The molecule has 2 saturated heterocycles. The van der Waals surface area contributed by atoms with Gasteiger partial charge < -0.3 is 14.7 Å². The van der Waals surface area contributed by atoms with Gasteiger partial charge in [-0.05, 0) is 59.7 Å². The number of carbonyl (C=O) groups excluding carboxylic acids is 1. The van der Waals surface area contributed by atoms with Crippen molar-refractivity contribution in [1.29, 1.82) is 0 Å². The van der Waals surface area contributed by atoms with Gasteiger partial charge in [0.1, 0.15) is 12.2 Å². The highest BCUT2D eigenvalue weighted by Gasteiger charge is 2.51. The van der Waals surface area contributed by atoms with E-state index in [1.54, 1.807) is 6.20 Å². The minimum absolute atomic E-state index is 0.0216. The molecule has 6 rings (SSSR count). The summed E-state index contributed by atoms with van der Waals surface area (Å²) < 4.78 is 5.94. The van der Waals surface area contributed by atoms with Crippen LogP contribution in [0.25, 0.3) is 11.1 Å². The number of piperidine rings is 1. The molecule has 2 unspecified atom stereocenters. The molecular formula is C28H28N2O3. The number of pyridine rings is 1. The lowest BCUT2D eigenvalue weighted by Crippen LogP contribution is -2.52. The van der Waals surface area contributed by atoms with E-state index in [9.17, 15) is 9.90 Å². The number of hydrogen-bond acceptors (Lipinski definition) is 4. The molecule has 3 aromatic rings. The molecule has 0 spiro atoms. The maximum atomic E-state index is 13.2. The molecule has 1 N–H and O–H groups in total. The Morgan fingerprint density at radius 1 is 1.03 bits per heavy atom. The number of amides is 1. The van der Waals surface area contributed by atoms with Gasteiger partial charge in [0.25, 0.3) is 0 Å². The lowest BCUT2D eigenvalue weighted by atomic mass is 9.83. The third-order valence-corrected chi connectivity index (χ3v) is 7.71. The molecule has 5 nitrogen and oxygen atoms in total. The molecule has 0 radical (unpaired) electrons. The van der Waals surface area contributed by atoms with Crippen LogP contribution in [0.1, 0.15) is 54.0 Å². The number of ether oxygens (including phenoxy) is 1. The van der Waals surface area contributed by atoms with Crippen LogP contribution in [0.4, 0.5) is 4.79 Å². The summed E-state index contributed by atoms with van der Waals surface area (Å²) in [5.74, 6) is 0.0530. The van der Waals surface area contributed by atoms with Crippen molar-refractivity contribution in [3.8, 4) is 11.1 Å². The third kappa shape index (κ3) is 3.34. The Labute approximate surface area is 194 Å². The summed E-state index contributed by atoms with van der Waals surface area (Å²) in [6, 6.07) is 20.6. The number of benzene rings is 2. The largest absolute Gasteiger partial charge is 0.448 e. The zero-order chi connectivity index (χ0) is 22.6. The molecule has 33 heavy (non-hydrogen) atoms. The minimum atomic E-state index is -0.988. The fourth-order valence-electron chi connectivity index (χ4n) is 6.19. The molecular weight excluding hydrogens is 412 g/mol. The van der Waals surface area contributed by atoms with E-state index >= 15 is 0 Å². The van der Waals surface area contributed by atoms with E-state index in [0.29, 0.717) is 25.1 Å². The maximum absolute atomic E-state index is 13.2. The van der Waals surface area contributed by atoms with Crippen molar-refractivity contribution < 1.29 is 14.6 Å². The Hall–Kier alpha value is -3.18. The summed E-state index contributed by atoms with van der Waals surface area (Å²) in [5.41, 5.74) is 5.69. The van der Waals surface area contributed by atoms with Crippen molar-refractivity contribution in [2.24, 2.45) is 0 Å². The molecule has 2 bridgehead atoms. The van der Waals surface area contributed by atoms with Gasteiger partial charge in [-0.15, -0.1) is 0 Å². The van der Waals surface area contributed by atoms with Crippen LogP contribution in [0.2, 0.25) is 0 Å². The number of hydrogen-bond donors (Lipinski definition) is 1. The van der Waals surface area contributed by atoms with Gasteiger partial charge in [0, 0.05) is 37.0 Å². The fourth-order valence-corrected chi connectivity index (χ4v) is 6.19. The first-order chi connectivity index (χ1) is 16.0. The Morgan fingerprint density at radius 2 is 1.64 bits per heavy atom. The number of rotatable bonds is 3. The second-order valence-electron chi connectivity index (χ2n) is 9.75. The molecule has 0 saturated carbocycles. The van der Waals surface area contributed by atoms with Gasteiger partial charge >= 0.3 is 6.09 Å². The standard InChI is InChI=1S/C28H28N2O3/c1-18-12-13-29-26(14-18)28(32)15-19-10-11-20(16-28)30(19)27(31)33-17-25-23-8-4-2-6-21(23)22-7-3-5-9-24(22)25/h2-9,12-14,19-20,25,32H,10-11,15-17H2,1H3. The summed E-state index contributed by atoms with van der Waals surface area (Å²) in [5, 5.41) is 11.4. The van der Waals surface area contributed by atoms with Crippen LogP contribution in [0, 0.1) is 6.92 Å². The van der Waals surface area contributed by atoms with E-state index in [0.717, 1.165) is 18.4 Å². The van der Waals surface area contributed by atoms with Crippen molar-refractivity contribution in [3.63, 3.8) is 0 Å². The summed E-state index contributed by atoms with van der Waals surface area (Å²) in [6.45, 7) is 2.33. The quantitative estimate of drug-likeness (QED) is 0.612. The summed E-state index contributed by atoms with van der Waals surface area (Å²) in [7, 11) is 0. The van der Waals surface area contributed by atoms with Gasteiger partial charge in [-0.1, -0.05) is 48.5 Å². The predicted octanol–water partition coefficient (Wildman–Crippen LogP) is 5.15.